The van der Waals surface area contributed by atoms with Crippen LogP contribution in [-0.2, 0) is 4.74 Å². The molecule has 0 bridgehead atoms. The lowest BCUT2D eigenvalue weighted by atomic mass is 10.3. The summed E-state index contributed by atoms with van der Waals surface area (Å²) in [6, 6.07) is 0. The number of H-pyrrole nitrogens is 1. The summed E-state index contributed by atoms with van der Waals surface area (Å²) in [7, 11) is 0. The molecule has 0 saturated carbocycles. The number of hydrogen-bond donors (Lipinski definition) is 3. The van der Waals surface area contributed by atoms with Gasteiger partial charge in [0.15, 0.2) is 0 Å². The molecule has 0 unspecified atom stereocenters. The van der Waals surface area contributed by atoms with E-state index in [-0.39, 0.29) is 18.0 Å². The van der Waals surface area contributed by atoms with Crippen LogP contribution in [0.1, 0.15) is 17.3 Å². The summed E-state index contributed by atoms with van der Waals surface area (Å²) in [4.78, 5) is 21.7. The molecule has 7 nitrogen and oxygen atoms in total. The molecule has 76 valence electrons. The number of hydrogen-bond acceptors (Lipinski definition) is 4. The fraction of sp³-hybridized carbons (Fsp3) is 0.286. The number of carbonyl (C=O) groups is 2. The molecule has 0 radical (unpaired) electrons. The predicted octanol–water partition coefficient (Wildman–Crippen LogP) is 0.0770. The smallest absolute Gasteiger partial charge is 0.412 e. The molecule has 0 spiro atoms. The monoisotopic (exact) mass is 198 g/mol. The average molecular weight is 198 g/mol. The Labute approximate surface area is 79.6 Å². The third-order valence-electron chi connectivity index (χ3n) is 1.41. The summed E-state index contributed by atoms with van der Waals surface area (Å²) < 4.78 is 4.60. The van der Waals surface area contributed by atoms with Crippen LogP contribution in [0.4, 0.5) is 10.6 Å². The molecule has 1 rings (SSSR count). The highest BCUT2D eigenvalue weighted by Crippen LogP contribution is 2.09. The van der Waals surface area contributed by atoms with Gasteiger partial charge in [-0.3, -0.25) is 15.2 Å². The summed E-state index contributed by atoms with van der Waals surface area (Å²) in [6.07, 6.45) is 0.559. The second kappa shape index (κ2) is 4.26. The fourth-order valence-electron chi connectivity index (χ4n) is 0.837. The summed E-state index contributed by atoms with van der Waals surface area (Å²) in [5.41, 5.74) is 5.13. The molecule has 0 aliphatic heterocycles. The van der Waals surface area contributed by atoms with E-state index < -0.39 is 12.0 Å². The summed E-state index contributed by atoms with van der Waals surface area (Å²) in [5.74, 6) is -0.540. The molecular weight excluding hydrogens is 188 g/mol. The van der Waals surface area contributed by atoms with Crippen LogP contribution in [-0.4, -0.2) is 28.8 Å². The average Bonchev–Trinajstić information content (AvgIpc) is 2.52. The van der Waals surface area contributed by atoms with Crippen LogP contribution >= 0.6 is 0 Å². The SMILES string of the molecule is CCOC(=O)Nc1[nH]ncc1C(N)=O. The number of aromatic nitrogens is 2. The summed E-state index contributed by atoms with van der Waals surface area (Å²) in [5, 5.41) is 8.27. The third-order valence-corrected chi connectivity index (χ3v) is 1.41. The van der Waals surface area contributed by atoms with Crippen LogP contribution in [0.15, 0.2) is 6.20 Å². The van der Waals surface area contributed by atoms with Crippen LogP contribution in [0.5, 0.6) is 0 Å². The second-order valence-corrected chi connectivity index (χ2v) is 2.37. The Morgan fingerprint density at radius 2 is 2.43 bits per heavy atom. The highest BCUT2D eigenvalue weighted by Gasteiger charge is 2.12. The summed E-state index contributed by atoms with van der Waals surface area (Å²) in [6.45, 7) is 1.91. The van der Waals surface area contributed by atoms with Crippen molar-refractivity contribution in [2.45, 2.75) is 6.92 Å². The molecule has 14 heavy (non-hydrogen) atoms. The standard InChI is InChI=1S/C7H10N4O3/c1-2-14-7(13)10-6-4(5(8)12)3-9-11-6/h3H,2H2,1H3,(H2,8,12)(H2,9,10,11,13). The van der Waals surface area contributed by atoms with Gasteiger partial charge in [0.25, 0.3) is 5.91 Å². The molecule has 1 aromatic heterocycles. The van der Waals surface area contributed by atoms with Gasteiger partial charge in [-0.2, -0.15) is 5.10 Å². The van der Waals surface area contributed by atoms with Crippen molar-refractivity contribution < 1.29 is 14.3 Å². The van der Waals surface area contributed by atoms with E-state index in [1.165, 1.54) is 6.20 Å². The third kappa shape index (κ3) is 2.22. The van der Waals surface area contributed by atoms with Gasteiger partial charge in [-0.25, -0.2) is 4.79 Å². The van der Waals surface area contributed by atoms with Crippen molar-refractivity contribution in [3.05, 3.63) is 11.8 Å². The first-order valence-electron chi connectivity index (χ1n) is 3.92. The van der Waals surface area contributed by atoms with Gasteiger partial charge in [0.1, 0.15) is 11.4 Å². The second-order valence-electron chi connectivity index (χ2n) is 2.37. The number of nitrogens with one attached hydrogen (secondary N) is 2. The van der Waals surface area contributed by atoms with Gasteiger partial charge in [-0.15, -0.1) is 0 Å². The number of anilines is 1. The van der Waals surface area contributed by atoms with Crippen molar-refractivity contribution in [1.29, 1.82) is 0 Å². The minimum absolute atomic E-state index is 0.109. The van der Waals surface area contributed by atoms with Crippen LogP contribution in [0.3, 0.4) is 0 Å². The van der Waals surface area contributed by atoms with Crippen molar-refractivity contribution >= 4 is 17.8 Å². The van der Waals surface area contributed by atoms with E-state index in [0.29, 0.717) is 0 Å². The quantitative estimate of drug-likeness (QED) is 0.638. The van der Waals surface area contributed by atoms with E-state index in [0.717, 1.165) is 0 Å². The number of amides is 2. The molecule has 0 atom stereocenters. The molecular formula is C7H10N4O3. The largest absolute Gasteiger partial charge is 0.450 e. The number of aromatic amines is 1. The minimum Gasteiger partial charge on any atom is -0.450 e. The van der Waals surface area contributed by atoms with Crippen molar-refractivity contribution in [2.75, 3.05) is 11.9 Å². The van der Waals surface area contributed by atoms with Crippen molar-refractivity contribution in [1.82, 2.24) is 10.2 Å². The van der Waals surface area contributed by atoms with Crippen molar-refractivity contribution in [3.8, 4) is 0 Å². The Balaban J connectivity index is 2.71. The minimum atomic E-state index is -0.675. The highest BCUT2D eigenvalue weighted by molar-refractivity contribution is 6.00. The maximum Gasteiger partial charge on any atom is 0.412 e. The van der Waals surface area contributed by atoms with Gasteiger partial charge in [0, 0.05) is 0 Å². The Hall–Kier alpha value is -2.05. The maximum atomic E-state index is 11.0. The number of carbonyl (C=O) groups excluding carboxylic acids is 2. The van der Waals surface area contributed by atoms with Gasteiger partial charge < -0.3 is 10.5 Å². The molecule has 7 heteroatoms. The molecule has 0 aliphatic rings. The first-order valence-corrected chi connectivity index (χ1v) is 3.92. The van der Waals surface area contributed by atoms with Gasteiger partial charge in [0.05, 0.1) is 12.8 Å². The zero-order valence-electron chi connectivity index (χ0n) is 7.53. The van der Waals surface area contributed by atoms with Crippen LogP contribution in [0, 0.1) is 0 Å². The zero-order chi connectivity index (χ0) is 10.6. The number of nitrogens with zero attached hydrogens (tertiary/aromatic N) is 1. The number of ether oxygens (including phenoxy) is 1. The molecule has 1 heterocycles. The van der Waals surface area contributed by atoms with Crippen molar-refractivity contribution in [2.24, 2.45) is 5.73 Å². The molecule has 4 N–H and O–H groups in total. The van der Waals surface area contributed by atoms with E-state index in [1.54, 1.807) is 6.92 Å². The number of primary amides is 1. The molecule has 1 aromatic rings. The van der Waals surface area contributed by atoms with Gasteiger partial charge in [-0.05, 0) is 6.92 Å². The molecule has 0 aliphatic carbocycles. The first kappa shape index (κ1) is 10.0. The van der Waals surface area contributed by atoms with Crippen LogP contribution in [0.25, 0.3) is 0 Å². The maximum absolute atomic E-state index is 11.0. The van der Waals surface area contributed by atoms with Gasteiger partial charge in [-0.1, -0.05) is 0 Å². The van der Waals surface area contributed by atoms with Crippen LogP contribution in [0.2, 0.25) is 0 Å². The Bertz CT molecular complexity index is 346. The van der Waals surface area contributed by atoms with E-state index in [1.807, 2.05) is 0 Å². The molecule has 0 aromatic carbocycles. The molecule has 0 saturated heterocycles. The fourth-order valence-corrected chi connectivity index (χ4v) is 0.837. The van der Waals surface area contributed by atoms with E-state index in [2.05, 4.69) is 20.3 Å². The lowest BCUT2D eigenvalue weighted by Crippen LogP contribution is -2.18. The summed E-state index contributed by atoms with van der Waals surface area (Å²) >= 11 is 0. The first-order chi connectivity index (χ1) is 6.65. The van der Waals surface area contributed by atoms with E-state index in [4.69, 9.17) is 5.73 Å². The van der Waals surface area contributed by atoms with Crippen molar-refractivity contribution in [3.63, 3.8) is 0 Å². The van der Waals surface area contributed by atoms with Crippen LogP contribution < -0.4 is 11.1 Å². The zero-order valence-corrected chi connectivity index (χ0v) is 7.53. The molecule has 0 fully saturated rings. The van der Waals surface area contributed by atoms with E-state index >= 15 is 0 Å². The Morgan fingerprint density at radius 3 is 3.00 bits per heavy atom. The normalized spacial score (nSPS) is 9.50. The lowest BCUT2D eigenvalue weighted by Gasteiger charge is -2.03. The molecule has 2 amide bonds. The van der Waals surface area contributed by atoms with Gasteiger partial charge in [0.2, 0.25) is 0 Å². The van der Waals surface area contributed by atoms with Gasteiger partial charge >= 0.3 is 6.09 Å². The highest BCUT2D eigenvalue weighted by atomic mass is 16.5. The topological polar surface area (TPSA) is 110 Å². The predicted molar refractivity (Wildman–Crippen MR) is 47.8 cm³/mol. The Morgan fingerprint density at radius 1 is 1.71 bits per heavy atom. The van der Waals surface area contributed by atoms with E-state index in [9.17, 15) is 9.59 Å². The number of nitrogens with two attached hydrogens (primary N) is 1. The lowest BCUT2D eigenvalue weighted by molar-refractivity contribution is 0.100. The number of rotatable bonds is 3. The Kier molecular flexibility index (Phi) is 3.05.